The van der Waals surface area contributed by atoms with Gasteiger partial charge < -0.3 is 4.74 Å². The smallest absolute Gasteiger partial charge is 0.0722 e. The number of hydrogen-bond acceptors (Lipinski definition) is 3. The van der Waals surface area contributed by atoms with Gasteiger partial charge in [-0.25, -0.2) is 0 Å². The summed E-state index contributed by atoms with van der Waals surface area (Å²) in [6.45, 7) is 4.30. The lowest BCUT2D eigenvalue weighted by Crippen LogP contribution is -2.33. The van der Waals surface area contributed by atoms with Crippen LogP contribution in [0.2, 0.25) is 0 Å². The first-order valence-electron chi connectivity index (χ1n) is 5.11. The van der Waals surface area contributed by atoms with Crippen molar-refractivity contribution in [2.45, 2.75) is 38.9 Å². The Morgan fingerprint density at radius 3 is 2.86 bits per heavy atom. The van der Waals surface area contributed by atoms with Crippen LogP contribution in [0.15, 0.2) is 0 Å². The van der Waals surface area contributed by atoms with E-state index in [0.29, 0.717) is 18.1 Å². The van der Waals surface area contributed by atoms with Crippen LogP contribution in [0.4, 0.5) is 0 Å². The summed E-state index contributed by atoms with van der Waals surface area (Å²) in [6, 6.07) is 0. The number of terminal acetylenes is 1. The van der Waals surface area contributed by atoms with Crippen molar-refractivity contribution in [1.29, 1.82) is 0 Å². The van der Waals surface area contributed by atoms with E-state index in [4.69, 9.17) is 11.2 Å². The second-order valence-electron chi connectivity index (χ2n) is 3.63. The van der Waals surface area contributed by atoms with Gasteiger partial charge in [-0.05, 0) is 13.3 Å². The van der Waals surface area contributed by atoms with Crippen LogP contribution >= 0.6 is 21.6 Å². The van der Waals surface area contributed by atoms with Gasteiger partial charge in [-0.15, -0.1) is 12.3 Å². The summed E-state index contributed by atoms with van der Waals surface area (Å²) in [5.74, 6) is 5.53. The molecule has 0 bridgehead atoms. The van der Waals surface area contributed by atoms with Gasteiger partial charge in [0.1, 0.15) is 0 Å². The molecule has 0 aromatic carbocycles. The van der Waals surface area contributed by atoms with Crippen LogP contribution in [-0.2, 0) is 4.74 Å². The predicted molar refractivity (Wildman–Crippen MR) is 66.5 cm³/mol. The Kier molecular flexibility index (Phi) is 5.84. The number of hydrogen-bond donors (Lipinski definition) is 0. The highest BCUT2D eigenvalue weighted by Gasteiger charge is 2.27. The Morgan fingerprint density at radius 1 is 1.50 bits per heavy atom. The summed E-state index contributed by atoms with van der Waals surface area (Å²) in [5, 5.41) is 0. The largest absolute Gasteiger partial charge is 0.374 e. The van der Waals surface area contributed by atoms with Crippen molar-refractivity contribution in [2.24, 2.45) is 5.92 Å². The number of ether oxygens (including phenoxy) is 1. The molecule has 0 spiro atoms. The minimum Gasteiger partial charge on any atom is -0.374 e. The normalized spacial score (nSPS) is 29.5. The molecule has 1 aliphatic rings. The fourth-order valence-corrected chi connectivity index (χ4v) is 4.07. The van der Waals surface area contributed by atoms with E-state index in [9.17, 15) is 0 Å². The molecule has 3 heteroatoms. The van der Waals surface area contributed by atoms with Gasteiger partial charge >= 0.3 is 0 Å². The van der Waals surface area contributed by atoms with Gasteiger partial charge in [0.2, 0.25) is 0 Å². The van der Waals surface area contributed by atoms with E-state index in [1.54, 1.807) is 0 Å². The van der Waals surface area contributed by atoms with Gasteiger partial charge in [0.25, 0.3) is 0 Å². The van der Waals surface area contributed by atoms with Crippen molar-refractivity contribution < 1.29 is 4.74 Å². The number of rotatable bonds is 4. The first-order chi connectivity index (χ1) is 6.77. The van der Waals surface area contributed by atoms with Crippen LogP contribution in [0.3, 0.4) is 0 Å². The maximum Gasteiger partial charge on any atom is 0.0722 e. The fraction of sp³-hybridized carbons (Fsp3) is 0.818. The average molecular weight is 230 g/mol. The zero-order valence-corrected chi connectivity index (χ0v) is 10.5. The molecular weight excluding hydrogens is 212 g/mol. The van der Waals surface area contributed by atoms with Crippen molar-refractivity contribution in [3.05, 3.63) is 0 Å². The third kappa shape index (κ3) is 3.76. The molecule has 0 N–H and O–H groups in total. The molecule has 1 saturated heterocycles. The molecule has 80 valence electrons. The van der Waals surface area contributed by atoms with Gasteiger partial charge in [0.15, 0.2) is 0 Å². The minimum atomic E-state index is 0.365. The van der Waals surface area contributed by atoms with Crippen LogP contribution in [0.1, 0.15) is 26.7 Å². The Bertz CT molecular complexity index is 200. The van der Waals surface area contributed by atoms with Crippen LogP contribution in [0.5, 0.6) is 0 Å². The maximum atomic E-state index is 5.98. The van der Waals surface area contributed by atoms with Gasteiger partial charge in [0.05, 0.1) is 12.2 Å². The highest BCUT2D eigenvalue weighted by Crippen LogP contribution is 2.36. The van der Waals surface area contributed by atoms with E-state index >= 15 is 0 Å². The minimum absolute atomic E-state index is 0.365. The molecule has 14 heavy (non-hydrogen) atoms. The van der Waals surface area contributed by atoms with Gasteiger partial charge in [0, 0.05) is 23.8 Å². The summed E-state index contributed by atoms with van der Waals surface area (Å²) in [7, 11) is 3.83. The molecule has 0 aliphatic carbocycles. The lowest BCUT2D eigenvalue weighted by atomic mass is 10.0. The molecule has 3 atom stereocenters. The second kappa shape index (κ2) is 6.66. The summed E-state index contributed by atoms with van der Waals surface area (Å²) in [4.78, 5) is 0. The quantitative estimate of drug-likeness (QED) is 0.542. The fourth-order valence-electron chi connectivity index (χ4n) is 1.38. The topological polar surface area (TPSA) is 9.23 Å². The molecule has 1 rings (SSSR count). The van der Waals surface area contributed by atoms with Crippen molar-refractivity contribution in [2.75, 3.05) is 11.5 Å². The molecule has 1 heterocycles. The lowest BCUT2D eigenvalue weighted by molar-refractivity contribution is -0.0164. The van der Waals surface area contributed by atoms with E-state index in [1.165, 1.54) is 0 Å². The van der Waals surface area contributed by atoms with Gasteiger partial charge in [-0.1, -0.05) is 28.5 Å². The van der Waals surface area contributed by atoms with Crippen molar-refractivity contribution in [3.8, 4) is 12.3 Å². The third-order valence-electron chi connectivity index (χ3n) is 2.49. The molecule has 1 aliphatic heterocycles. The molecule has 0 aromatic rings. The standard InChI is InChI=1S/C11H18OS2/c1-4-6-10-7-13-14-8-11(10)12-9(3)5-2/h1,9-11H,5-8H2,2-3H3. The Balaban J connectivity index is 2.42. The van der Waals surface area contributed by atoms with Gasteiger partial charge in [-0.2, -0.15) is 0 Å². The molecule has 1 nitrogen and oxygen atoms in total. The van der Waals surface area contributed by atoms with E-state index in [-0.39, 0.29) is 0 Å². The molecule has 0 saturated carbocycles. The zero-order chi connectivity index (χ0) is 10.4. The molecular formula is C11H18OS2. The SMILES string of the molecule is C#CCC1CSSCC1OC(C)CC. The third-order valence-corrected chi connectivity index (χ3v) is 5.00. The lowest BCUT2D eigenvalue weighted by Gasteiger charge is -2.31. The summed E-state index contributed by atoms with van der Waals surface area (Å²) in [5.41, 5.74) is 0. The van der Waals surface area contributed by atoms with Crippen molar-refractivity contribution in [3.63, 3.8) is 0 Å². The molecule has 3 unspecified atom stereocenters. The van der Waals surface area contributed by atoms with E-state index in [1.807, 2.05) is 21.6 Å². The monoisotopic (exact) mass is 230 g/mol. The van der Waals surface area contributed by atoms with Crippen molar-refractivity contribution >= 4 is 21.6 Å². The van der Waals surface area contributed by atoms with Crippen molar-refractivity contribution in [1.82, 2.24) is 0 Å². The second-order valence-corrected chi connectivity index (χ2v) is 6.18. The summed E-state index contributed by atoms with van der Waals surface area (Å²) in [6.07, 6.45) is 8.03. The Hall–Kier alpha value is 0.220. The summed E-state index contributed by atoms with van der Waals surface area (Å²) < 4.78 is 5.98. The van der Waals surface area contributed by atoms with E-state index < -0.39 is 0 Å². The van der Waals surface area contributed by atoms with Crippen LogP contribution in [-0.4, -0.2) is 23.7 Å². The average Bonchev–Trinajstić information content (AvgIpc) is 2.21. The predicted octanol–water partition coefficient (Wildman–Crippen LogP) is 3.20. The Labute approximate surface area is 95.1 Å². The zero-order valence-electron chi connectivity index (χ0n) is 8.86. The first-order valence-corrected chi connectivity index (χ1v) is 7.60. The highest BCUT2D eigenvalue weighted by atomic mass is 33.1. The molecule has 1 fully saturated rings. The molecule has 0 aromatic heterocycles. The van der Waals surface area contributed by atoms with Crippen LogP contribution in [0, 0.1) is 18.3 Å². The maximum absolute atomic E-state index is 5.98. The van der Waals surface area contributed by atoms with Crippen LogP contribution < -0.4 is 0 Å². The van der Waals surface area contributed by atoms with E-state index in [2.05, 4.69) is 19.8 Å². The highest BCUT2D eigenvalue weighted by molar-refractivity contribution is 8.76. The summed E-state index contributed by atoms with van der Waals surface area (Å²) >= 11 is 0. The van der Waals surface area contributed by atoms with Crippen LogP contribution in [0.25, 0.3) is 0 Å². The molecule has 0 radical (unpaired) electrons. The van der Waals surface area contributed by atoms with Gasteiger partial charge in [-0.3, -0.25) is 0 Å². The molecule has 0 amide bonds. The van der Waals surface area contributed by atoms with E-state index in [0.717, 1.165) is 24.3 Å². The first kappa shape index (κ1) is 12.3. The Morgan fingerprint density at radius 2 is 2.21 bits per heavy atom.